The van der Waals surface area contributed by atoms with Crippen LogP contribution in [0.25, 0.3) is 0 Å². The molecule has 0 spiro atoms. The van der Waals surface area contributed by atoms with Gasteiger partial charge in [0, 0.05) is 39.3 Å². The van der Waals surface area contributed by atoms with Crippen molar-refractivity contribution in [3.05, 3.63) is 0 Å². The topological polar surface area (TPSA) is 52.8 Å². The summed E-state index contributed by atoms with van der Waals surface area (Å²) in [5.41, 5.74) is 5.70. The number of rotatable bonds is 4. The fourth-order valence-corrected chi connectivity index (χ4v) is 3.07. The van der Waals surface area contributed by atoms with Crippen LogP contribution in [0, 0.1) is 0 Å². The molecule has 1 unspecified atom stereocenters. The molecule has 2 aliphatic rings. The van der Waals surface area contributed by atoms with Crippen molar-refractivity contribution < 1.29 is 4.79 Å². The zero-order chi connectivity index (χ0) is 14.5. The van der Waals surface area contributed by atoms with E-state index in [1.165, 1.54) is 6.42 Å². The number of amides is 1. The summed E-state index contributed by atoms with van der Waals surface area (Å²) < 4.78 is 0. The number of likely N-dealkylation sites (tertiary alicyclic amines) is 1. The quantitative estimate of drug-likeness (QED) is 0.756. The second-order valence-corrected chi connectivity index (χ2v) is 6.30. The summed E-state index contributed by atoms with van der Waals surface area (Å²) in [6.07, 6.45) is 3.58. The van der Waals surface area contributed by atoms with E-state index in [4.69, 9.17) is 18.0 Å². The smallest absolute Gasteiger partial charge is 0.236 e. The van der Waals surface area contributed by atoms with Crippen molar-refractivity contribution in [3.8, 4) is 0 Å². The summed E-state index contributed by atoms with van der Waals surface area (Å²) in [4.78, 5) is 19.3. The maximum Gasteiger partial charge on any atom is 0.236 e. The average molecular weight is 298 g/mol. The molecule has 2 heterocycles. The molecular formula is C14H26N4OS. The zero-order valence-corrected chi connectivity index (χ0v) is 13.2. The van der Waals surface area contributed by atoms with Gasteiger partial charge in [0.1, 0.15) is 0 Å². The Morgan fingerprint density at radius 2 is 1.70 bits per heavy atom. The van der Waals surface area contributed by atoms with E-state index < -0.39 is 0 Å². The molecule has 5 nitrogen and oxygen atoms in total. The number of piperazine rings is 1. The Morgan fingerprint density at radius 1 is 1.10 bits per heavy atom. The van der Waals surface area contributed by atoms with Gasteiger partial charge in [0.05, 0.1) is 17.6 Å². The fraction of sp³-hybridized carbons (Fsp3) is 0.857. The molecule has 6 heteroatoms. The number of piperidine rings is 1. The predicted octanol–water partition coefficient (Wildman–Crippen LogP) is 0.291. The van der Waals surface area contributed by atoms with Gasteiger partial charge in [0.2, 0.25) is 5.91 Å². The Labute approximate surface area is 127 Å². The summed E-state index contributed by atoms with van der Waals surface area (Å²) >= 11 is 5.05. The van der Waals surface area contributed by atoms with E-state index >= 15 is 0 Å². The summed E-state index contributed by atoms with van der Waals surface area (Å²) in [5.74, 6) is 0.292. The Hall–Kier alpha value is -0.720. The highest BCUT2D eigenvalue weighted by Gasteiger charge is 2.25. The average Bonchev–Trinajstić information content (AvgIpc) is 2.48. The molecule has 114 valence electrons. The first kappa shape index (κ1) is 15.7. The molecule has 2 rings (SSSR count). The Kier molecular flexibility index (Phi) is 5.74. The van der Waals surface area contributed by atoms with Gasteiger partial charge in [0.15, 0.2) is 0 Å². The molecule has 2 saturated heterocycles. The van der Waals surface area contributed by atoms with E-state index in [0.29, 0.717) is 17.4 Å². The molecule has 0 saturated carbocycles. The van der Waals surface area contributed by atoms with Crippen molar-refractivity contribution in [3.63, 3.8) is 0 Å². The lowest BCUT2D eigenvalue weighted by molar-refractivity contribution is -0.133. The SMILES string of the molecule is CC(C(N)=S)N1CCN(CC(=O)N2CCCCC2)CC1. The maximum atomic E-state index is 12.2. The molecule has 2 aliphatic heterocycles. The fourth-order valence-electron chi connectivity index (χ4n) is 2.92. The monoisotopic (exact) mass is 298 g/mol. The first-order valence-electron chi connectivity index (χ1n) is 7.61. The van der Waals surface area contributed by atoms with E-state index in [-0.39, 0.29) is 6.04 Å². The van der Waals surface area contributed by atoms with Crippen molar-refractivity contribution in [2.45, 2.75) is 32.2 Å². The summed E-state index contributed by atoms with van der Waals surface area (Å²) in [5, 5.41) is 0. The highest BCUT2D eigenvalue weighted by molar-refractivity contribution is 7.80. The standard InChI is InChI=1S/C14H26N4OS/c1-12(14(15)20)17-9-7-16(8-10-17)11-13(19)18-5-3-2-4-6-18/h12H,2-11H2,1H3,(H2,15,20). The molecule has 1 atom stereocenters. The molecule has 20 heavy (non-hydrogen) atoms. The van der Waals surface area contributed by atoms with Crippen LogP contribution in [0.3, 0.4) is 0 Å². The Bertz CT molecular complexity index is 349. The molecule has 2 fully saturated rings. The van der Waals surface area contributed by atoms with Gasteiger partial charge in [-0.05, 0) is 26.2 Å². The number of nitrogens with zero attached hydrogens (tertiary/aromatic N) is 3. The first-order valence-corrected chi connectivity index (χ1v) is 8.02. The lowest BCUT2D eigenvalue weighted by Crippen LogP contribution is -2.54. The highest BCUT2D eigenvalue weighted by atomic mass is 32.1. The normalized spacial score (nSPS) is 23.6. The van der Waals surface area contributed by atoms with Gasteiger partial charge < -0.3 is 10.6 Å². The van der Waals surface area contributed by atoms with Crippen molar-refractivity contribution >= 4 is 23.1 Å². The molecular weight excluding hydrogens is 272 g/mol. The van der Waals surface area contributed by atoms with Gasteiger partial charge in [-0.3, -0.25) is 14.6 Å². The van der Waals surface area contributed by atoms with Crippen LogP contribution in [0.2, 0.25) is 0 Å². The zero-order valence-electron chi connectivity index (χ0n) is 12.4. The molecule has 0 aromatic heterocycles. The van der Waals surface area contributed by atoms with Crippen LogP contribution in [0.15, 0.2) is 0 Å². The van der Waals surface area contributed by atoms with E-state index in [1.54, 1.807) is 0 Å². The van der Waals surface area contributed by atoms with Gasteiger partial charge in [-0.1, -0.05) is 12.2 Å². The lowest BCUT2D eigenvalue weighted by atomic mass is 10.1. The first-order chi connectivity index (χ1) is 9.58. The number of hydrogen-bond donors (Lipinski definition) is 1. The Morgan fingerprint density at radius 3 is 2.25 bits per heavy atom. The number of nitrogens with two attached hydrogens (primary N) is 1. The second-order valence-electron chi connectivity index (χ2n) is 5.83. The van der Waals surface area contributed by atoms with Crippen molar-refractivity contribution in [1.82, 2.24) is 14.7 Å². The van der Waals surface area contributed by atoms with Crippen LogP contribution in [-0.4, -0.2) is 77.5 Å². The van der Waals surface area contributed by atoms with Gasteiger partial charge in [-0.25, -0.2) is 0 Å². The van der Waals surface area contributed by atoms with Gasteiger partial charge in [0.25, 0.3) is 0 Å². The molecule has 0 aromatic rings. The van der Waals surface area contributed by atoms with Crippen molar-refractivity contribution in [2.75, 3.05) is 45.8 Å². The van der Waals surface area contributed by atoms with Crippen LogP contribution in [0.1, 0.15) is 26.2 Å². The number of carbonyl (C=O) groups is 1. The van der Waals surface area contributed by atoms with Crippen LogP contribution in [0.4, 0.5) is 0 Å². The van der Waals surface area contributed by atoms with Crippen LogP contribution in [0.5, 0.6) is 0 Å². The third-order valence-electron chi connectivity index (χ3n) is 4.43. The predicted molar refractivity (Wildman–Crippen MR) is 84.7 cm³/mol. The number of thiocarbonyl (C=S) groups is 1. The van der Waals surface area contributed by atoms with E-state index in [1.807, 2.05) is 4.90 Å². The molecule has 0 aliphatic carbocycles. The Balaban J connectivity index is 1.73. The minimum atomic E-state index is 0.157. The number of hydrogen-bond acceptors (Lipinski definition) is 4. The molecule has 2 N–H and O–H groups in total. The molecule has 0 aromatic carbocycles. The second kappa shape index (κ2) is 7.33. The minimum Gasteiger partial charge on any atom is -0.392 e. The van der Waals surface area contributed by atoms with E-state index in [9.17, 15) is 4.79 Å². The summed E-state index contributed by atoms with van der Waals surface area (Å²) in [6, 6.07) is 0.157. The van der Waals surface area contributed by atoms with Crippen LogP contribution < -0.4 is 5.73 Å². The third-order valence-corrected chi connectivity index (χ3v) is 4.78. The van der Waals surface area contributed by atoms with Crippen molar-refractivity contribution in [2.24, 2.45) is 5.73 Å². The van der Waals surface area contributed by atoms with E-state index in [0.717, 1.165) is 52.1 Å². The van der Waals surface area contributed by atoms with Crippen LogP contribution >= 0.6 is 12.2 Å². The maximum absolute atomic E-state index is 12.2. The molecule has 0 bridgehead atoms. The summed E-state index contributed by atoms with van der Waals surface area (Å²) in [6.45, 7) is 8.22. The highest BCUT2D eigenvalue weighted by Crippen LogP contribution is 2.11. The molecule has 1 amide bonds. The van der Waals surface area contributed by atoms with Gasteiger partial charge >= 0.3 is 0 Å². The number of carbonyl (C=O) groups excluding carboxylic acids is 1. The third kappa shape index (κ3) is 4.14. The minimum absolute atomic E-state index is 0.157. The van der Waals surface area contributed by atoms with Gasteiger partial charge in [-0.15, -0.1) is 0 Å². The molecule has 0 radical (unpaired) electrons. The summed E-state index contributed by atoms with van der Waals surface area (Å²) in [7, 11) is 0. The largest absolute Gasteiger partial charge is 0.392 e. The van der Waals surface area contributed by atoms with E-state index in [2.05, 4.69) is 16.7 Å². The van der Waals surface area contributed by atoms with Gasteiger partial charge in [-0.2, -0.15) is 0 Å². The van der Waals surface area contributed by atoms with Crippen molar-refractivity contribution in [1.29, 1.82) is 0 Å². The van der Waals surface area contributed by atoms with Crippen LogP contribution in [-0.2, 0) is 4.79 Å². The lowest BCUT2D eigenvalue weighted by Gasteiger charge is -2.38.